The topological polar surface area (TPSA) is 46.5 Å². The summed E-state index contributed by atoms with van der Waals surface area (Å²) in [4.78, 5) is 11.8. The summed E-state index contributed by atoms with van der Waals surface area (Å²) in [7, 11) is 0. The average molecular weight is 277 g/mol. The second-order valence-electron chi connectivity index (χ2n) is 3.14. The first-order chi connectivity index (χ1) is 6.66. The lowest BCUT2D eigenvalue weighted by Gasteiger charge is -2.21. The predicted octanol–water partition coefficient (Wildman–Crippen LogP) is 2.60. The Morgan fingerprint density at radius 3 is 3.29 bits per heavy atom. The lowest BCUT2D eigenvalue weighted by atomic mass is 10.0. The van der Waals surface area contributed by atoms with E-state index in [0.29, 0.717) is 6.61 Å². The summed E-state index contributed by atoms with van der Waals surface area (Å²) in [6.45, 7) is 0.623. The molecule has 0 fully saturated rings. The summed E-state index contributed by atoms with van der Waals surface area (Å²) in [6.07, 6.45) is 0.677. The number of rotatable bonds is 2. The van der Waals surface area contributed by atoms with E-state index in [-0.39, 0.29) is 12.5 Å². The maximum atomic E-state index is 10.6. The summed E-state index contributed by atoms with van der Waals surface area (Å²) < 4.78 is 6.48. The molecule has 0 amide bonds. The van der Waals surface area contributed by atoms with Crippen LogP contribution in [0.15, 0.2) is 9.85 Å². The Morgan fingerprint density at radius 1 is 1.79 bits per heavy atom. The molecule has 2 rings (SSSR count). The molecule has 5 heteroatoms. The Morgan fingerprint density at radius 2 is 2.57 bits per heavy atom. The van der Waals surface area contributed by atoms with Crippen LogP contribution in [0.5, 0.6) is 0 Å². The highest BCUT2D eigenvalue weighted by Gasteiger charge is 2.25. The molecule has 0 bridgehead atoms. The molecule has 3 nitrogen and oxygen atoms in total. The van der Waals surface area contributed by atoms with Crippen LogP contribution < -0.4 is 0 Å². The van der Waals surface area contributed by atoms with Crippen molar-refractivity contribution in [3.8, 4) is 0 Å². The lowest BCUT2D eigenvalue weighted by Crippen LogP contribution is -2.17. The second kappa shape index (κ2) is 4.00. The molecule has 1 aromatic heterocycles. The summed E-state index contributed by atoms with van der Waals surface area (Å²) in [5.74, 6) is -0.815. The van der Waals surface area contributed by atoms with E-state index in [4.69, 9.17) is 9.84 Å². The number of halogens is 1. The van der Waals surface area contributed by atoms with E-state index in [1.54, 1.807) is 11.3 Å². The molecule has 1 unspecified atom stereocenters. The number of hydrogen-bond acceptors (Lipinski definition) is 3. The van der Waals surface area contributed by atoms with Crippen LogP contribution in [0.1, 0.15) is 23.0 Å². The van der Waals surface area contributed by atoms with Gasteiger partial charge in [-0.15, -0.1) is 11.3 Å². The second-order valence-corrected chi connectivity index (χ2v) is 5.65. The third-order valence-electron chi connectivity index (χ3n) is 2.17. The van der Waals surface area contributed by atoms with E-state index in [2.05, 4.69) is 15.9 Å². The number of carbonyl (C=O) groups is 1. The van der Waals surface area contributed by atoms with Crippen LogP contribution in [0, 0.1) is 0 Å². The minimum absolute atomic E-state index is 0.0518. The molecule has 0 saturated carbocycles. The zero-order chi connectivity index (χ0) is 10.1. The van der Waals surface area contributed by atoms with Crippen molar-refractivity contribution >= 4 is 33.2 Å². The van der Waals surface area contributed by atoms with Gasteiger partial charge in [-0.25, -0.2) is 0 Å². The van der Waals surface area contributed by atoms with Gasteiger partial charge in [0, 0.05) is 11.3 Å². The number of ether oxygens (including phenoxy) is 1. The third-order valence-corrected chi connectivity index (χ3v) is 3.88. The number of fused-ring (bicyclic) bond motifs is 1. The van der Waals surface area contributed by atoms with Gasteiger partial charge in [-0.1, -0.05) is 0 Å². The normalized spacial score (nSPS) is 20.5. The largest absolute Gasteiger partial charge is 0.481 e. The first-order valence-electron chi connectivity index (χ1n) is 4.28. The van der Waals surface area contributed by atoms with Gasteiger partial charge >= 0.3 is 5.97 Å². The van der Waals surface area contributed by atoms with Gasteiger partial charge in [-0.2, -0.15) is 0 Å². The van der Waals surface area contributed by atoms with Gasteiger partial charge < -0.3 is 9.84 Å². The molecule has 1 aliphatic heterocycles. The van der Waals surface area contributed by atoms with Crippen molar-refractivity contribution in [2.45, 2.75) is 18.9 Å². The molecule has 76 valence electrons. The Hall–Kier alpha value is -0.390. The van der Waals surface area contributed by atoms with E-state index in [0.717, 1.165) is 15.8 Å². The highest BCUT2D eigenvalue weighted by molar-refractivity contribution is 9.11. The Balaban J connectivity index is 2.25. The van der Waals surface area contributed by atoms with Gasteiger partial charge in [-0.3, -0.25) is 4.79 Å². The van der Waals surface area contributed by atoms with Crippen molar-refractivity contribution in [1.29, 1.82) is 0 Å². The zero-order valence-electron chi connectivity index (χ0n) is 7.33. The van der Waals surface area contributed by atoms with E-state index in [9.17, 15) is 4.79 Å². The molecule has 1 aliphatic rings. The number of carboxylic acids is 1. The molecule has 0 aliphatic carbocycles. The molecule has 0 saturated heterocycles. The summed E-state index contributed by atoms with van der Waals surface area (Å²) in [6, 6.07) is 1.97. The SMILES string of the molecule is O=C(O)CC1OCCc2sc(Br)cc21. The fraction of sp³-hybridized carbons (Fsp3) is 0.444. The smallest absolute Gasteiger partial charge is 0.306 e. The minimum Gasteiger partial charge on any atom is -0.481 e. The maximum absolute atomic E-state index is 10.6. The fourth-order valence-corrected chi connectivity index (χ4v) is 3.34. The van der Waals surface area contributed by atoms with E-state index < -0.39 is 5.97 Å². The van der Waals surface area contributed by atoms with E-state index >= 15 is 0 Å². The van der Waals surface area contributed by atoms with Crippen LogP contribution in [0.4, 0.5) is 0 Å². The molecule has 2 heterocycles. The monoisotopic (exact) mass is 276 g/mol. The Kier molecular flexibility index (Phi) is 2.90. The average Bonchev–Trinajstić information content (AvgIpc) is 2.45. The van der Waals surface area contributed by atoms with Gasteiger partial charge in [0.1, 0.15) is 0 Å². The Bertz CT molecular complexity index is 361. The first kappa shape index (κ1) is 10.1. The van der Waals surface area contributed by atoms with Crippen molar-refractivity contribution in [1.82, 2.24) is 0 Å². The van der Waals surface area contributed by atoms with Crippen molar-refractivity contribution in [2.75, 3.05) is 6.61 Å². The number of hydrogen-bond donors (Lipinski definition) is 1. The van der Waals surface area contributed by atoms with Crippen LogP contribution in [0.3, 0.4) is 0 Å². The van der Waals surface area contributed by atoms with Gasteiger partial charge in [0.2, 0.25) is 0 Å². The highest BCUT2D eigenvalue weighted by Crippen LogP contribution is 2.37. The minimum atomic E-state index is -0.815. The van der Waals surface area contributed by atoms with Gasteiger partial charge in [0.15, 0.2) is 0 Å². The van der Waals surface area contributed by atoms with Crippen molar-refractivity contribution in [2.24, 2.45) is 0 Å². The van der Waals surface area contributed by atoms with Gasteiger partial charge in [0.05, 0.1) is 22.9 Å². The standard InChI is InChI=1S/C9H9BrO3S/c10-8-3-5-6(4-9(11)12)13-2-1-7(5)14-8/h3,6H,1-2,4H2,(H,11,12). The van der Waals surface area contributed by atoms with E-state index in [1.807, 2.05) is 6.07 Å². The van der Waals surface area contributed by atoms with Crippen molar-refractivity contribution < 1.29 is 14.6 Å². The molecule has 1 aromatic rings. The van der Waals surface area contributed by atoms with Crippen LogP contribution in [0.2, 0.25) is 0 Å². The molecule has 1 N–H and O–H groups in total. The molecule has 0 radical (unpaired) electrons. The molecule has 0 spiro atoms. The van der Waals surface area contributed by atoms with Crippen LogP contribution >= 0.6 is 27.3 Å². The molecule has 1 atom stereocenters. The summed E-state index contributed by atoms with van der Waals surface area (Å²) in [5, 5.41) is 8.71. The van der Waals surface area contributed by atoms with Gasteiger partial charge in [0.25, 0.3) is 0 Å². The van der Waals surface area contributed by atoms with E-state index in [1.165, 1.54) is 4.88 Å². The first-order valence-corrected chi connectivity index (χ1v) is 5.89. The number of thiophene rings is 1. The van der Waals surface area contributed by atoms with Crippen LogP contribution in [0.25, 0.3) is 0 Å². The summed E-state index contributed by atoms with van der Waals surface area (Å²) in [5.41, 5.74) is 1.04. The number of carboxylic acid groups (broad SMARTS) is 1. The van der Waals surface area contributed by atoms with Gasteiger partial charge in [-0.05, 0) is 27.6 Å². The van der Waals surface area contributed by atoms with Crippen LogP contribution in [-0.2, 0) is 16.0 Å². The van der Waals surface area contributed by atoms with Crippen LogP contribution in [-0.4, -0.2) is 17.7 Å². The molecule has 0 aromatic carbocycles. The zero-order valence-corrected chi connectivity index (χ0v) is 9.73. The number of aliphatic carboxylic acids is 1. The molecule has 14 heavy (non-hydrogen) atoms. The van der Waals surface area contributed by atoms with Crippen molar-refractivity contribution in [3.63, 3.8) is 0 Å². The lowest BCUT2D eigenvalue weighted by molar-refractivity contribution is -0.140. The fourth-order valence-electron chi connectivity index (χ4n) is 1.59. The highest BCUT2D eigenvalue weighted by atomic mass is 79.9. The van der Waals surface area contributed by atoms with Crippen molar-refractivity contribution in [3.05, 3.63) is 20.3 Å². The quantitative estimate of drug-likeness (QED) is 0.903. The maximum Gasteiger partial charge on any atom is 0.306 e. The molecular formula is C9H9BrO3S. The summed E-state index contributed by atoms with van der Waals surface area (Å²) >= 11 is 5.07. The third kappa shape index (κ3) is 1.99. The Labute approximate surface area is 93.8 Å². The molecular weight excluding hydrogens is 268 g/mol. The predicted molar refractivity (Wildman–Crippen MR) is 56.7 cm³/mol.